The average Bonchev–Trinajstić information content (AvgIpc) is 2.69. The van der Waals surface area contributed by atoms with E-state index < -0.39 is 0 Å². The number of esters is 1. The second kappa shape index (κ2) is 9.30. The Hall–Kier alpha value is -1.70. The second-order valence-corrected chi connectivity index (χ2v) is 7.20. The van der Waals surface area contributed by atoms with Crippen molar-refractivity contribution < 1.29 is 14.3 Å². The van der Waals surface area contributed by atoms with Gasteiger partial charge in [0, 0.05) is 38.4 Å². The van der Waals surface area contributed by atoms with Crippen LogP contribution in [0.5, 0.6) is 0 Å². The molecular weight excluding hydrogens is 350 g/mol. The normalized spacial score (nSPS) is 19.7. The summed E-state index contributed by atoms with van der Waals surface area (Å²) in [5, 5.41) is 7.08. The number of benzene rings is 1. The van der Waals surface area contributed by atoms with Crippen LogP contribution in [0.15, 0.2) is 24.3 Å². The summed E-state index contributed by atoms with van der Waals surface area (Å²) in [6.45, 7) is 3.94. The number of carbonyl (C=O) groups excluding carboxylic acids is 1. The number of nitrogens with one attached hydrogen (secondary N) is 2. The molecule has 0 saturated carbocycles. The molecule has 2 heterocycles. The first-order chi connectivity index (χ1) is 12.7. The number of piperidine rings is 1. The van der Waals surface area contributed by atoms with Crippen molar-refractivity contribution in [2.45, 2.75) is 37.8 Å². The van der Waals surface area contributed by atoms with Gasteiger partial charge in [-0.25, -0.2) is 4.79 Å². The number of ether oxygens (including phenoxy) is 2. The van der Waals surface area contributed by atoms with Crippen molar-refractivity contribution in [2.24, 2.45) is 0 Å². The smallest absolute Gasteiger partial charge is 0.339 e. The topological polar surface area (TPSA) is 62.8 Å². The van der Waals surface area contributed by atoms with Crippen molar-refractivity contribution in [3.05, 3.63) is 29.8 Å². The van der Waals surface area contributed by atoms with Gasteiger partial charge in [0.15, 0.2) is 5.11 Å². The predicted octanol–water partition coefficient (Wildman–Crippen LogP) is 2.40. The molecule has 0 amide bonds. The minimum atomic E-state index is -0.374. The van der Waals surface area contributed by atoms with Gasteiger partial charge in [0.2, 0.25) is 0 Å². The summed E-state index contributed by atoms with van der Waals surface area (Å²) in [7, 11) is 1.38. The van der Waals surface area contributed by atoms with Crippen LogP contribution in [-0.2, 0) is 9.47 Å². The molecule has 1 aromatic carbocycles. The van der Waals surface area contributed by atoms with E-state index in [9.17, 15) is 4.79 Å². The van der Waals surface area contributed by atoms with Gasteiger partial charge in [-0.05, 0) is 50.0 Å². The maximum Gasteiger partial charge on any atom is 0.339 e. The van der Waals surface area contributed by atoms with Crippen molar-refractivity contribution in [3.63, 3.8) is 0 Å². The monoisotopic (exact) mass is 377 g/mol. The van der Waals surface area contributed by atoms with Crippen LogP contribution in [0.3, 0.4) is 0 Å². The first kappa shape index (κ1) is 19.1. The number of hydrogen-bond donors (Lipinski definition) is 2. The lowest BCUT2D eigenvalue weighted by Gasteiger charge is -2.39. The van der Waals surface area contributed by atoms with Crippen molar-refractivity contribution in [3.8, 4) is 0 Å². The average molecular weight is 378 g/mol. The highest BCUT2D eigenvalue weighted by molar-refractivity contribution is 7.80. The molecule has 0 spiro atoms. The number of nitrogens with zero attached hydrogens (tertiary/aromatic N) is 1. The number of likely N-dealkylation sites (tertiary alicyclic amines) is 1. The number of thiocarbonyl (C=S) groups is 1. The molecule has 2 N–H and O–H groups in total. The van der Waals surface area contributed by atoms with Crippen LogP contribution < -0.4 is 10.6 Å². The highest BCUT2D eigenvalue weighted by Crippen LogP contribution is 2.20. The number of rotatable bonds is 4. The Labute approximate surface area is 160 Å². The van der Waals surface area contributed by atoms with E-state index in [0.717, 1.165) is 52.0 Å². The fourth-order valence-electron chi connectivity index (χ4n) is 3.68. The van der Waals surface area contributed by atoms with Crippen LogP contribution >= 0.6 is 12.2 Å². The van der Waals surface area contributed by atoms with E-state index in [2.05, 4.69) is 15.5 Å². The van der Waals surface area contributed by atoms with Crippen molar-refractivity contribution in [1.29, 1.82) is 0 Å². The summed E-state index contributed by atoms with van der Waals surface area (Å²) in [5.74, 6) is -0.374. The van der Waals surface area contributed by atoms with Crippen LogP contribution in [0.4, 0.5) is 5.69 Å². The summed E-state index contributed by atoms with van der Waals surface area (Å²) in [4.78, 5) is 14.4. The van der Waals surface area contributed by atoms with Gasteiger partial charge in [-0.15, -0.1) is 0 Å². The summed E-state index contributed by atoms with van der Waals surface area (Å²) in [6.07, 6.45) is 4.42. The first-order valence-corrected chi connectivity index (χ1v) is 9.65. The molecule has 0 aliphatic carbocycles. The highest BCUT2D eigenvalue weighted by atomic mass is 32.1. The lowest BCUT2D eigenvalue weighted by molar-refractivity contribution is 0.0247. The van der Waals surface area contributed by atoms with E-state index in [-0.39, 0.29) is 5.97 Å². The van der Waals surface area contributed by atoms with Crippen molar-refractivity contribution >= 4 is 29.0 Å². The van der Waals surface area contributed by atoms with Gasteiger partial charge < -0.3 is 25.0 Å². The number of carbonyl (C=O) groups is 1. The standard InChI is InChI=1S/C19H27N3O3S/c1-24-18(23)16-4-2-3-5-17(16)21-19(26)20-14-6-10-22(11-7-14)15-8-12-25-13-9-15/h2-5,14-15H,6-13H2,1H3,(H2,20,21,26). The number of methoxy groups -OCH3 is 1. The zero-order valence-electron chi connectivity index (χ0n) is 15.2. The Balaban J connectivity index is 1.48. The molecule has 1 aromatic rings. The minimum absolute atomic E-state index is 0.358. The third kappa shape index (κ3) is 4.93. The molecule has 2 fully saturated rings. The van der Waals surface area contributed by atoms with Gasteiger partial charge in [-0.3, -0.25) is 0 Å². The molecule has 6 nitrogen and oxygen atoms in total. The van der Waals surface area contributed by atoms with Gasteiger partial charge in [0.25, 0.3) is 0 Å². The lowest BCUT2D eigenvalue weighted by Crippen LogP contribution is -2.49. The van der Waals surface area contributed by atoms with Crippen LogP contribution in [-0.4, -0.2) is 61.5 Å². The molecule has 7 heteroatoms. The zero-order chi connectivity index (χ0) is 18.4. The Kier molecular flexibility index (Phi) is 6.82. The quantitative estimate of drug-likeness (QED) is 0.617. The van der Waals surface area contributed by atoms with Gasteiger partial charge in [0.05, 0.1) is 18.4 Å². The van der Waals surface area contributed by atoms with E-state index in [4.69, 9.17) is 21.7 Å². The molecule has 26 heavy (non-hydrogen) atoms. The molecule has 2 aliphatic rings. The SMILES string of the molecule is COC(=O)c1ccccc1NC(=S)NC1CCN(C2CCOCC2)CC1. The lowest BCUT2D eigenvalue weighted by atomic mass is 10.00. The van der Waals surface area contributed by atoms with Crippen LogP contribution in [0.25, 0.3) is 0 Å². The molecule has 3 rings (SSSR count). The predicted molar refractivity (Wildman–Crippen MR) is 106 cm³/mol. The molecular formula is C19H27N3O3S. The minimum Gasteiger partial charge on any atom is -0.465 e. The first-order valence-electron chi connectivity index (χ1n) is 9.24. The molecule has 2 aliphatic heterocycles. The van der Waals surface area contributed by atoms with Gasteiger partial charge >= 0.3 is 5.97 Å². The van der Waals surface area contributed by atoms with E-state index in [1.807, 2.05) is 12.1 Å². The van der Waals surface area contributed by atoms with Gasteiger partial charge in [0.1, 0.15) is 0 Å². The van der Waals surface area contributed by atoms with Gasteiger partial charge in [-0.1, -0.05) is 12.1 Å². The fourth-order valence-corrected chi connectivity index (χ4v) is 3.96. The molecule has 0 aromatic heterocycles. The highest BCUT2D eigenvalue weighted by Gasteiger charge is 2.26. The third-order valence-corrected chi connectivity index (χ3v) is 5.37. The van der Waals surface area contributed by atoms with E-state index >= 15 is 0 Å². The van der Waals surface area contributed by atoms with Gasteiger partial charge in [-0.2, -0.15) is 0 Å². The van der Waals surface area contributed by atoms with Crippen LogP contribution in [0.1, 0.15) is 36.0 Å². The summed E-state index contributed by atoms with van der Waals surface area (Å²) >= 11 is 5.45. The fraction of sp³-hybridized carbons (Fsp3) is 0.579. The zero-order valence-corrected chi connectivity index (χ0v) is 16.0. The Morgan fingerprint density at radius 1 is 1.19 bits per heavy atom. The number of anilines is 1. The summed E-state index contributed by atoms with van der Waals surface area (Å²) in [5.41, 5.74) is 1.14. The molecule has 0 unspecified atom stereocenters. The molecule has 0 bridgehead atoms. The van der Waals surface area contributed by atoms with Crippen molar-refractivity contribution in [2.75, 3.05) is 38.7 Å². The van der Waals surface area contributed by atoms with Crippen molar-refractivity contribution in [1.82, 2.24) is 10.2 Å². The van der Waals surface area contributed by atoms with E-state index in [1.54, 1.807) is 12.1 Å². The maximum atomic E-state index is 11.9. The summed E-state index contributed by atoms with van der Waals surface area (Å²) < 4.78 is 10.3. The van der Waals surface area contributed by atoms with E-state index in [1.165, 1.54) is 7.11 Å². The molecule has 2 saturated heterocycles. The van der Waals surface area contributed by atoms with Crippen LogP contribution in [0, 0.1) is 0 Å². The molecule has 0 atom stereocenters. The largest absolute Gasteiger partial charge is 0.465 e. The van der Waals surface area contributed by atoms with E-state index in [0.29, 0.717) is 28.4 Å². The number of hydrogen-bond acceptors (Lipinski definition) is 5. The Morgan fingerprint density at radius 3 is 2.58 bits per heavy atom. The number of para-hydroxylation sites is 1. The molecule has 142 valence electrons. The summed E-state index contributed by atoms with van der Waals surface area (Å²) in [6, 6.07) is 8.25. The maximum absolute atomic E-state index is 11.9. The Bertz CT molecular complexity index is 626. The van der Waals surface area contributed by atoms with Crippen LogP contribution in [0.2, 0.25) is 0 Å². The molecule has 0 radical (unpaired) electrons. The Morgan fingerprint density at radius 2 is 1.88 bits per heavy atom. The second-order valence-electron chi connectivity index (χ2n) is 6.79. The third-order valence-electron chi connectivity index (χ3n) is 5.15.